The van der Waals surface area contributed by atoms with E-state index in [1.165, 1.54) is 16.8 Å². The molecule has 0 aromatic heterocycles. The molecule has 1 heteroatoms. The summed E-state index contributed by atoms with van der Waals surface area (Å²) in [7, 11) is 0. The number of benzene rings is 2. The largest absolute Gasteiger partial charge is 0.364 e. The molecule has 17 heavy (non-hydrogen) atoms. The van der Waals surface area contributed by atoms with Crippen molar-refractivity contribution in [1.82, 2.24) is 0 Å². The molecule has 0 bridgehead atoms. The molecule has 86 valence electrons. The van der Waals surface area contributed by atoms with Gasteiger partial charge in [-0.25, -0.2) is 0 Å². The van der Waals surface area contributed by atoms with Crippen LogP contribution in [0, 0.1) is 0 Å². The van der Waals surface area contributed by atoms with Crippen molar-refractivity contribution in [2.75, 3.05) is 4.90 Å². The summed E-state index contributed by atoms with van der Waals surface area (Å²) in [6, 6.07) is 20.1. The van der Waals surface area contributed by atoms with Gasteiger partial charge in [-0.2, -0.15) is 0 Å². The van der Waals surface area contributed by atoms with Crippen LogP contribution in [0.5, 0.6) is 0 Å². The van der Waals surface area contributed by atoms with Gasteiger partial charge in [0.1, 0.15) is 0 Å². The molecule has 0 amide bonds. The van der Waals surface area contributed by atoms with E-state index in [9.17, 15) is 0 Å². The Balaban J connectivity index is 1.95. The average molecular weight is 223 g/mol. The van der Waals surface area contributed by atoms with Crippen molar-refractivity contribution in [1.29, 1.82) is 0 Å². The van der Waals surface area contributed by atoms with E-state index in [1.807, 2.05) is 0 Å². The summed E-state index contributed by atoms with van der Waals surface area (Å²) in [5.74, 6) is 0. The Hall–Kier alpha value is -1.76. The molecule has 0 spiro atoms. The lowest BCUT2D eigenvalue weighted by atomic mass is 9.94. The van der Waals surface area contributed by atoms with Gasteiger partial charge in [0.05, 0.1) is 0 Å². The molecule has 0 N–H and O–H groups in total. The summed E-state index contributed by atoms with van der Waals surface area (Å²) < 4.78 is 0. The zero-order chi connectivity index (χ0) is 11.7. The topological polar surface area (TPSA) is 3.24 Å². The minimum absolute atomic E-state index is 0.576. The molecule has 0 radical (unpaired) electrons. The zero-order valence-corrected chi connectivity index (χ0v) is 10.1. The maximum Gasteiger partial charge on any atom is 0.0435 e. The summed E-state index contributed by atoms with van der Waals surface area (Å²) in [5, 5.41) is 0. The first-order valence-corrected chi connectivity index (χ1v) is 6.23. The highest BCUT2D eigenvalue weighted by Crippen LogP contribution is 2.27. The number of nitrogens with zero attached hydrogens (tertiary/aromatic N) is 1. The Morgan fingerprint density at radius 2 is 1.53 bits per heavy atom. The van der Waals surface area contributed by atoms with Crippen LogP contribution in [0.1, 0.15) is 18.1 Å². The Morgan fingerprint density at radius 3 is 2.29 bits per heavy atom. The van der Waals surface area contributed by atoms with Crippen molar-refractivity contribution >= 4 is 5.69 Å². The van der Waals surface area contributed by atoms with Crippen LogP contribution in [-0.2, 0) is 13.0 Å². The van der Waals surface area contributed by atoms with E-state index < -0.39 is 0 Å². The van der Waals surface area contributed by atoms with Gasteiger partial charge in [0.15, 0.2) is 0 Å². The molecule has 1 atom stereocenters. The fourth-order valence-corrected chi connectivity index (χ4v) is 2.64. The van der Waals surface area contributed by atoms with Gasteiger partial charge >= 0.3 is 0 Å². The smallest absolute Gasteiger partial charge is 0.0435 e. The van der Waals surface area contributed by atoms with Gasteiger partial charge in [0, 0.05) is 18.3 Å². The standard InChI is InChI=1S/C16H17N/c1-13-11-14-7-5-6-8-15(14)12-17(13)16-9-3-2-4-10-16/h2-10,13H,11-12H2,1H3. The van der Waals surface area contributed by atoms with Crippen LogP contribution in [0.4, 0.5) is 5.69 Å². The third kappa shape index (κ3) is 1.93. The van der Waals surface area contributed by atoms with Crippen molar-refractivity contribution in [2.24, 2.45) is 0 Å². The van der Waals surface area contributed by atoms with Crippen LogP contribution in [0.15, 0.2) is 54.6 Å². The van der Waals surface area contributed by atoms with Crippen LogP contribution >= 0.6 is 0 Å². The third-order valence-corrected chi connectivity index (χ3v) is 3.59. The lowest BCUT2D eigenvalue weighted by Crippen LogP contribution is -2.38. The normalized spacial score (nSPS) is 18.9. The molecular weight excluding hydrogens is 206 g/mol. The second-order valence-corrected chi connectivity index (χ2v) is 4.79. The molecule has 0 aliphatic carbocycles. The van der Waals surface area contributed by atoms with Gasteiger partial charge in [0.25, 0.3) is 0 Å². The molecule has 1 aliphatic heterocycles. The van der Waals surface area contributed by atoms with Crippen molar-refractivity contribution in [3.63, 3.8) is 0 Å². The quantitative estimate of drug-likeness (QED) is 0.713. The molecule has 0 saturated carbocycles. The average Bonchev–Trinajstić information content (AvgIpc) is 2.39. The molecule has 1 heterocycles. The van der Waals surface area contributed by atoms with Gasteiger partial charge in [-0.15, -0.1) is 0 Å². The molecule has 2 aromatic rings. The highest BCUT2D eigenvalue weighted by molar-refractivity contribution is 5.50. The summed E-state index contributed by atoms with van der Waals surface area (Å²) in [6.45, 7) is 3.34. The van der Waals surface area contributed by atoms with Crippen LogP contribution in [-0.4, -0.2) is 6.04 Å². The van der Waals surface area contributed by atoms with Gasteiger partial charge in [-0.3, -0.25) is 0 Å². The van der Waals surface area contributed by atoms with Gasteiger partial charge in [-0.05, 0) is 36.6 Å². The molecule has 0 fully saturated rings. The Morgan fingerprint density at radius 1 is 0.882 bits per heavy atom. The molecule has 2 aromatic carbocycles. The maximum absolute atomic E-state index is 2.49. The summed E-state index contributed by atoms with van der Waals surface area (Å²) in [6.07, 6.45) is 1.14. The summed E-state index contributed by atoms with van der Waals surface area (Å²) >= 11 is 0. The number of anilines is 1. The van der Waals surface area contributed by atoms with Crippen molar-refractivity contribution in [3.8, 4) is 0 Å². The maximum atomic E-state index is 2.49. The van der Waals surface area contributed by atoms with Crippen molar-refractivity contribution in [2.45, 2.75) is 25.9 Å². The molecular formula is C16H17N. The summed E-state index contributed by atoms with van der Waals surface area (Å²) in [5.41, 5.74) is 4.30. The highest BCUT2D eigenvalue weighted by Gasteiger charge is 2.22. The second-order valence-electron chi connectivity index (χ2n) is 4.79. The number of hydrogen-bond acceptors (Lipinski definition) is 1. The van der Waals surface area contributed by atoms with Crippen molar-refractivity contribution < 1.29 is 0 Å². The number of rotatable bonds is 1. The lowest BCUT2D eigenvalue weighted by molar-refractivity contribution is 0.593. The highest BCUT2D eigenvalue weighted by atomic mass is 15.2. The van der Waals surface area contributed by atoms with Crippen LogP contribution in [0.3, 0.4) is 0 Å². The Bertz CT molecular complexity index is 504. The molecule has 3 rings (SSSR count). The molecule has 1 aliphatic rings. The van der Waals surface area contributed by atoms with E-state index in [0.717, 1.165) is 13.0 Å². The monoisotopic (exact) mass is 223 g/mol. The fraction of sp³-hybridized carbons (Fsp3) is 0.250. The predicted molar refractivity (Wildman–Crippen MR) is 72.2 cm³/mol. The van der Waals surface area contributed by atoms with Gasteiger partial charge < -0.3 is 4.90 Å². The van der Waals surface area contributed by atoms with Gasteiger partial charge in [0.2, 0.25) is 0 Å². The first kappa shape index (κ1) is 10.4. The van der Waals surface area contributed by atoms with E-state index >= 15 is 0 Å². The van der Waals surface area contributed by atoms with Gasteiger partial charge in [-0.1, -0.05) is 42.5 Å². The number of fused-ring (bicyclic) bond motifs is 1. The van der Waals surface area contributed by atoms with E-state index in [1.54, 1.807) is 0 Å². The zero-order valence-electron chi connectivity index (χ0n) is 10.1. The minimum Gasteiger partial charge on any atom is -0.364 e. The van der Waals surface area contributed by atoms with E-state index in [0.29, 0.717) is 6.04 Å². The molecule has 1 unspecified atom stereocenters. The Kier molecular flexibility index (Phi) is 2.60. The molecule has 1 nitrogen and oxygen atoms in total. The summed E-state index contributed by atoms with van der Waals surface area (Å²) in [4.78, 5) is 2.49. The predicted octanol–water partition coefficient (Wildman–Crippen LogP) is 3.64. The minimum atomic E-state index is 0.576. The first-order valence-electron chi connectivity index (χ1n) is 6.23. The Labute approximate surface area is 103 Å². The first-order chi connectivity index (χ1) is 8.34. The van der Waals surface area contributed by atoms with Crippen LogP contribution < -0.4 is 4.90 Å². The SMILES string of the molecule is CC1Cc2ccccc2CN1c1ccccc1. The fourth-order valence-electron chi connectivity index (χ4n) is 2.64. The van der Waals surface area contributed by atoms with E-state index in [2.05, 4.69) is 66.4 Å². The number of hydrogen-bond donors (Lipinski definition) is 0. The van der Waals surface area contributed by atoms with Crippen LogP contribution in [0.25, 0.3) is 0 Å². The van der Waals surface area contributed by atoms with Crippen LogP contribution in [0.2, 0.25) is 0 Å². The lowest BCUT2D eigenvalue weighted by Gasteiger charge is -2.36. The van der Waals surface area contributed by atoms with E-state index in [-0.39, 0.29) is 0 Å². The van der Waals surface area contributed by atoms with Crippen molar-refractivity contribution in [3.05, 3.63) is 65.7 Å². The third-order valence-electron chi connectivity index (χ3n) is 3.59. The van der Waals surface area contributed by atoms with E-state index in [4.69, 9.17) is 0 Å². The molecule has 0 saturated heterocycles. The number of para-hydroxylation sites is 1. The second kappa shape index (κ2) is 4.25.